The van der Waals surface area contributed by atoms with Crippen LogP contribution in [0.4, 0.5) is 13.2 Å². The van der Waals surface area contributed by atoms with Crippen LogP contribution in [0.2, 0.25) is 0 Å². The highest BCUT2D eigenvalue weighted by atomic mass is 19.4. The van der Waals surface area contributed by atoms with Crippen LogP contribution in [0.15, 0.2) is 12.1 Å². The fourth-order valence-corrected chi connectivity index (χ4v) is 1.08. The number of alkyl halides is 3. The Morgan fingerprint density at radius 1 is 1.40 bits per heavy atom. The van der Waals surface area contributed by atoms with Gasteiger partial charge in [-0.3, -0.25) is 0 Å². The number of halogens is 3. The monoisotopic (exact) mass is 221 g/mol. The van der Waals surface area contributed by atoms with Crippen LogP contribution >= 0.6 is 0 Å². The summed E-state index contributed by atoms with van der Waals surface area (Å²) in [5.41, 5.74) is 3.22. The summed E-state index contributed by atoms with van der Waals surface area (Å²) in [6.45, 7) is 2.32. The molecule has 0 aliphatic carbocycles. The summed E-state index contributed by atoms with van der Waals surface area (Å²) in [6, 6.07) is 2.27. The van der Waals surface area contributed by atoms with E-state index in [0.29, 0.717) is 12.1 Å². The normalized spacial score (nSPS) is 11.5. The van der Waals surface area contributed by atoms with E-state index in [9.17, 15) is 13.2 Å². The van der Waals surface area contributed by atoms with Gasteiger partial charge in [-0.25, -0.2) is 4.98 Å². The predicted molar refractivity (Wildman–Crippen MR) is 47.0 cm³/mol. The Morgan fingerprint density at radius 2 is 2.07 bits per heavy atom. The largest absolute Gasteiger partial charge is 0.478 e. The van der Waals surface area contributed by atoms with Crippen LogP contribution in [0, 0.1) is 0 Å². The van der Waals surface area contributed by atoms with Crippen LogP contribution in [0.3, 0.4) is 0 Å². The van der Waals surface area contributed by atoms with E-state index in [1.54, 1.807) is 6.92 Å². The van der Waals surface area contributed by atoms with E-state index in [0.717, 1.165) is 6.07 Å². The first-order valence-corrected chi connectivity index (χ1v) is 4.48. The summed E-state index contributed by atoms with van der Waals surface area (Å²) in [6.07, 6.45) is -4.44. The molecule has 15 heavy (non-hydrogen) atoms. The van der Waals surface area contributed by atoms with E-state index in [1.165, 1.54) is 6.07 Å². The highest BCUT2D eigenvalue weighted by molar-refractivity contribution is 5.28. The number of nitrogens with zero attached hydrogens (tertiary/aromatic N) is 1. The lowest BCUT2D eigenvalue weighted by Gasteiger charge is -2.10. The standard InChI is InChI=1S/C9H11F3N2O/c1-2-15-8-6(5-13)3-4-7(14-8)9(10,11)12/h3-4H,2,5,13H2,1H3/p+1. The van der Waals surface area contributed by atoms with E-state index in [-0.39, 0.29) is 12.5 Å². The van der Waals surface area contributed by atoms with Crippen LogP contribution < -0.4 is 10.5 Å². The first-order chi connectivity index (χ1) is 6.99. The van der Waals surface area contributed by atoms with Crippen molar-refractivity contribution >= 4 is 0 Å². The SMILES string of the molecule is CCOc1nc(C(F)(F)F)ccc1C[NH3+]. The van der Waals surface area contributed by atoms with Gasteiger partial charge in [-0.1, -0.05) is 0 Å². The zero-order valence-corrected chi connectivity index (χ0v) is 8.27. The Bertz CT molecular complexity index is 339. The fraction of sp³-hybridized carbons (Fsp3) is 0.444. The van der Waals surface area contributed by atoms with Gasteiger partial charge in [-0.05, 0) is 19.1 Å². The Hall–Kier alpha value is -1.30. The zero-order chi connectivity index (χ0) is 11.5. The molecule has 3 nitrogen and oxygen atoms in total. The molecule has 1 rings (SSSR count). The van der Waals surface area contributed by atoms with Crippen LogP contribution in [-0.2, 0) is 12.7 Å². The smallest absolute Gasteiger partial charge is 0.433 e. The molecule has 6 heteroatoms. The van der Waals surface area contributed by atoms with E-state index in [1.807, 2.05) is 0 Å². The molecule has 0 spiro atoms. The lowest BCUT2D eigenvalue weighted by atomic mass is 10.2. The minimum absolute atomic E-state index is 0.0160. The molecule has 0 aliphatic rings. The summed E-state index contributed by atoms with van der Waals surface area (Å²) in [7, 11) is 0. The van der Waals surface area contributed by atoms with Gasteiger partial charge >= 0.3 is 6.18 Å². The molecule has 84 valence electrons. The van der Waals surface area contributed by atoms with Crippen molar-refractivity contribution in [2.75, 3.05) is 6.61 Å². The zero-order valence-electron chi connectivity index (χ0n) is 8.27. The van der Waals surface area contributed by atoms with Gasteiger partial charge in [0.05, 0.1) is 12.2 Å². The number of aromatic nitrogens is 1. The number of rotatable bonds is 3. The fourth-order valence-electron chi connectivity index (χ4n) is 1.08. The molecule has 0 radical (unpaired) electrons. The molecule has 0 aromatic carbocycles. The van der Waals surface area contributed by atoms with Crippen molar-refractivity contribution in [2.45, 2.75) is 19.6 Å². The van der Waals surface area contributed by atoms with Crippen molar-refractivity contribution in [2.24, 2.45) is 0 Å². The molecule has 0 saturated heterocycles. The number of pyridine rings is 1. The maximum atomic E-state index is 12.3. The number of ether oxygens (including phenoxy) is 1. The van der Waals surface area contributed by atoms with Gasteiger partial charge in [0.25, 0.3) is 0 Å². The van der Waals surface area contributed by atoms with Gasteiger partial charge in [0, 0.05) is 0 Å². The average Bonchev–Trinajstić information content (AvgIpc) is 2.17. The van der Waals surface area contributed by atoms with Gasteiger partial charge in [0.1, 0.15) is 12.2 Å². The molecule has 0 atom stereocenters. The molecular formula is C9H12F3N2O+. The van der Waals surface area contributed by atoms with Crippen LogP contribution in [0.5, 0.6) is 5.88 Å². The highest BCUT2D eigenvalue weighted by Crippen LogP contribution is 2.29. The van der Waals surface area contributed by atoms with Crippen molar-refractivity contribution < 1.29 is 23.6 Å². The van der Waals surface area contributed by atoms with E-state index < -0.39 is 11.9 Å². The second-order valence-electron chi connectivity index (χ2n) is 2.84. The van der Waals surface area contributed by atoms with Crippen LogP contribution in [-0.4, -0.2) is 11.6 Å². The molecule has 1 aromatic rings. The van der Waals surface area contributed by atoms with Crippen molar-refractivity contribution in [1.29, 1.82) is 0 Å². The highest BCUT2D eigenvalue weighted by Gasteiger charge is 2.33. The van der Waals surface area contributed by atoms with Crippen molar-refractivity contribution in [3.8, 4) is 5.88 Å². The van der Waals surface area contributed by atoms with Gasteiger partial charge in [0.2, 0.25) is 5.88 Å². The Morgan fingerprint density at radius 3 is 2.53 bits per heavy atom. The van der Waals surface area contributed by atoms with Crippen molar-refractivity contribution in [3.05, 3.63) is 23.4 Å². The number of hydrogen-bond donors (Lipinski definition) is 1. The molecular weight excluding hydrogens is 209 g/mol. The lowest BCUT2D eigenvalue weighted by molar-refractivity contribution is -0.386. The summed E-state index contributed by atoms with van der Waals surface area (Å²) in [5.74, 6) is 0.0160. The maximum absolute atomic E-state index is 12.3. The minimum Gasteiger partial charge on any atom is -0.478 e. The Balaban J connectivity index is 3.10. The third-order valence-corrected chi connectivity index (χ3v) is 1.78. The summed E-state index contributed by atoms with van der Waals surface area (Å²) in [5, 5.41) is 0. The third kappa shape index (κ3) is 2.82. The molecule has 0 amide bonds. The summed E-state index contributed by atoms with van der Waals surface area (Å²) >= 11 is 0. The molecule has 0 fully saturated rings. The number of quaternary nitrogens is 1. The molecule has 1 heterocycles. The van der Waals surface area contributed by atoms with Crippen LogP contribution in [0.25, 0.3) is 0 Å². The summed E-state index contributed by atoms with van der Waals surface area (Å²) in [4.78, 5) is 3.42. The Kier molecular flexibility index (Phi) is 3.52. The van der Waals surface area contributed by atoms with E-state index in [2.05, 4.69) is 10.7 Å². The molecule has 0 saturated carbocycles. The molecule has 0 aliphatic heterocycles. The maximum Gasteiger partial charge on any atom is 0.433 e. The molecule has 0 unspecified atom stereocenters. The molecule has 0 bridgehead atoms. The van der Waals surface area contributed by atoms with E-state index in [4.69, 9.17) is 4.74 Å². The quantitative estimate of drug-likeness (QED) is 0.834. The predicted octanol–water partition coefficient (Wildman–Crippen LogP) is 1.24. The lowest BCUT2D eigenvalue weighted by Crippen LogP contribution is -2.47. The van der Waals surface area contributed by atoms with Crippen molar-refractivity contribution in [1.82, 2.24) is 4.98 Å². The summed E-state index contributed by atoms with van der Waals surface area (Å²) < 4.78 is 41.9. The van der Waals surface area contributed by atoms with E-state index >= 15 is 0 Å². The van der Waals surface area contributed by atoms with Gasteiger partial charge in [-0.2, -0.15) is 13.2 Å². The molecule has 1 aromatic heterocycles. The second-order valence-corrected chi connectivity index (χ2v) is 2.84. The van der Waals surface area contributed by atoms with Gasteiger partial charge in [0.15, 0.2) is 0 Å². The first kappa shape index (κ1) is 11.8. The van der Waals surface area contributed by atoms with Gasteiger partial charge in [-0.15, -0.1) is 0 Å². The van der Waals surface area contributed by atoms with Gasteiger partial charge < -0.3 is 10.5 Å². The minimum atomic E-state index is -4.44. The second kappa shape index (κ2) is 4.48. The number of hydrogen-bond acceptors (Lipinski definition) is 2. The topological polar surface area (TPSA) is 49.8 Å². The van der Waals surface area contributed by atoms with Crippen LogP contribution in [0.1, 0.15) is 18.2 Å². The average molecular weight is 221 g/mol. The first-order valence-electron chi connectivity index (χ1n) is 4.48. The Labute approximate surface area is 85.1 Å². The molecule has 3 N–H and O–H groups in total. The van der Waals surface area contributed by atoms with Crippen molar-refractivity contribution in [3.63, 3.8) is 0 Å². The third-order valence-electron chi connectivity index (χ3n) is 1.78.